The molecule has 0 radical (unpaired) electrons. The molecule has 0 saturated carbocycles. The summed E-state index contributed by atoms with van der Waals surface area (Å²) in [6.07, 6.45) is 3.01. The van der Waals surface area contributed by atoms with Crippen molar-refractivity contribution in [2.75, 3.05) is 59.3 Å². The second-order valence-corrected chi connectivity index (χ2v) is 9.23. The fourth-order valence-corrected chi connectivity index (χ4v) is 3.92. The number of carbonyl (C=O) groups excluding carboxylic acids is 1. The van der Waals surface area contributed by atoms with E-state index in [0.717, 1.165) is 48.9 Å². The van der Waals surface area contributed by atoms with Gasteiger partial charge in [-0.05, 0) is 58.1 Å². The second kappa shape index (κ2) is 8.83. The molecule has 0 aliphatic carbocycles. The Morgan fingerprint density at radius 2 is 1.81 bits per heavy atom. The molecule has 1 fully saturated rings. The fourth-order valence-electron chi connectivity index (χ4n) is 2.99. The summed E-state index contributed by atoms with van der Waals surface area (Å²) in [4.78, 5) is 17.1. The first-order chi connectivity index (χ1) is 12.2. The minimum Gasteiger partial charge on any atom is -0.371 e. The summed E-state index contributed by atoms with van der Waals surface area (Å²) in [5.41, 5.74) is 1.24. The van der Waals surface area contributed by atoms with Gasteiger partial charge in [-0.2, -0.15) is 0 Å². The Morgan fingerprint density at radius 1 is 1.15 bits per heavy atom. The predicted molar refractivity (Wildman–Crippen MR) is 104 cm³/mol. The minimum absolute atomic E-state index is 0.142. The molecule has 1 amide bonds. The van der Waals surface area contributed by atoms with E-state index in [0.29, 0.717) is 12.1 Å². The highest BCUT2D eigenvalue weighted by Crippen LogP contribution is 2.28. The molecule has 7 nitrogen and oxygen atoms in total. The first-order valence-electron chi connectivity index (χ1n) is 8.98. The van der Waals surface area contributed by atoms with Crippen molar-refractivity contribution in [3.63, 3.8) is 0 Å². The Bertz CT molecular complexity index is 726. The summed E-state index contributed by atoms with van der Waals surface area (Å²) in [6.45, 7) is 3.22. The molecule has 2 rings (SSSR count). The number of anilines is 1. The van der Waals surface area contributed by atoms with E-state index in [1.54, 1.807) is 12.1 Å². The molecule has 0 atom stereocenters. The molecule has 26 heavy (non-hydrogen) atoms. The number of carbonyl (C=O) groups is 1. The number of hydrogen-bond acceptors (Lipinski definition) is 5. The maximum atomic E-state index is 12.8. The van der Waals surface area contributed by atoms with Crippen LogP contribution >= 0.6 is 0 Å². The largest absolute Gasteiger partial charge is 0.371 e. The van der Waals surface area contributed by atoms with Crippen molar-refractivity contribution in [1.82, 2.24) is 14.5 Å². The van der Waals surface area contributed by atoms with E-state index in [1.807, 2.05) is 14.1 Å². The van der Waals surface area contributed by atoms with Crippen LogP contribution in [0.3, 0.4) is 0 Å². The van der Waals surface area contributed by atoms with Crippen LogP contribution in [0.2, 0.25) is 0 Å². The first-order valence-corrected chi connectivity index (χ1v) is 10.4. The van der Waals surface area contributed by atoms with Crippen LogP contribution in [0.25, 0.3) is 0 Å². The predicted octanol–water partition coefficient (Wildman–Crippen LogP) is 1.22. The highest BCUT2D eigenvalue weighted by Gasteiger charge is 2.24. The molecule has 1 saturated heterocycles. The van der Waals surface area contributed by atoms with E-state index in [1.165, 1.54) is 20.2 Å². The lowest BCUT2D eigenvalue weighted by Gasteiger charge is -2.22. The molecule has 1 aliphatic heterocycles. The maximum absolute atomic E-state index is 12.8. The van der Waals surface area contributed by atoms with Crippen LogP contribution in [0, 0.1) is 0 Å². The van der Waals surface area contributed by atoms with Crippen LogP contribution in [-0.4, -0.2) is 77.9 Å². The summed E-state index contributed by atoms with van der Waals surface area (Å²) >= 11 is 0. The quantitative estimate of drug-likeness (QED) is 0.685. The van der Waals surface area contributed by atoms with Crippen molar-refractivity contribution >= 4 is 21.6 Å². The molecule has 8 heteroatoms. The maximum Gasteiger partial charge on any atom is 0.253 e. The average Bonchev–Trinajstić information content (AvgIpc) is 3.12. The van der Waals surface area contributed by atoms with Gasteiger partial charge in [0.05, 0.1) is 10.5 Å². The van der Waals surface area contributed by atoms with Gasteiger partial charge in [-0.3, -0.25) is 4.79 Å². The molecular formula is C18H30N4O3S. The van der Waals surface area contributed by atoms with E-state index in [4.69, 9.17) is 0 Å². The van der Waals surface area contributed by atoms with E-state index < -0.39 is 10.0 Å². The van der Waals surface area contributed by atoms with E-state index in [9.17, 15) is 13.2 Å². The van der Waals surface area contributed by atoms with Gasteiger partial charge in [-0.25, -0.2) is 12.7 Å². The zero-order chi connectivity index (χ0) is 19.3. The average molecular weight is 383 g/mol. The second-order valence-electron chi connectivity index (χ2n) is 7.07. The molecule has 0 aromatic heterocycles. The number of amides is 1. The van der Waals surface area contributed by atoms with Crippen molar-refractivity contribution in [1.29, 1.82) is 0 Å². The summed E-state index contributed by atoms with van der Waals surface area (Å²) in [5.74, 6) is -0.221. The van der Waals surface area contributed by atoms with E-state index in [-0.39, 0.29) is 10.8 Å². The van der Waals surface area contributed by atoms with Crippen molar-refractivity contribution in [3.8, 4) is 0 Å². The number of hydrogen-bond donors (Lipinski definition) is 1. The van der Waals surface area contributed by atoms with Crippen molar-refractivity contribution in [3.05, 3.63) is 23.8 Å². The summed E-state index contributed by atoms with van der Waals surface area (Å²) in [5, 5.41) is 2.93. The van der Waals surface area contributed by atoms with E-state index in [2.05, 4.69) is 15.1 Å². The number of nitrogens with zero attached hydrogens (tertiary/aromatic N) is 3. The third-order valence-electron chi connectivity index (χ3n) is 4.51. The Balaban J connectivity index is 2.28. The molecule has 1 N–H and O–H groups in total. The third-order valence-corrected chi connectivity index (χ3v) is 6.32. The smallest absolute Gasteiger partial charge is 0.253 e. The lowest BCUT2D eigenvalue weighted by atomic mass is 10.1. The highest BCUT2D eigenvalue weighted by atomic mass is 32.2. The van der Waals surface area contributed by atoms with Gasteiger partial charge in [0.1, 0.15) is 0 Å². The monoisotopic (exact) mass is 382 g/mol. The van der Waals surface area contributed by atoms with Gasteiger partial charge in [0, 0.05) is 39.4 Å². The summed E-state index contributed by atoms with van der Waals surface area (Å²) in [6, 6.07) is 4.85. The standard InChI is InChI=1S/C18H30N4O3S/c1-20(2)11-7-10-19-18(23)16-14-15(26(24,25)21(3)4)8-9-17(16)22-12-5-6-13-22/h8-9,14H,5-7,10-13H2,1-4H3,(H,19,23). The van der Waals surface area contributed by atoms with Crippen LogP contribution < -0.4 is 10.2 Å². The molecule has 1 aromatic carbocycles. The normalized spacial score (nSPS) is 15.1. The highest BCUT2D eigenvalue weighted by molar-refractivity contribution is 7.89. The molecular weight excluding hydrogens is 352 g/mol. The molecule has 1 heterocycles. The number of benzene rings is 1. The van der Waals surface area contributed by atoms with Gasteiger partial charge in [0.2, 0.25) is 10.0 Å². The number of sulfonamides is 1. The van der Waals surface area contributed by atoms with Crippen LogP contribution in [0.4, 0.5) is 5.69 Å². The van der Waals surface area contributed by atoms with Gasteiger partial charge >= 0.3 is 0 Å². The Morgan fingerprint density at radius 3 is 2.38 bits per heavy atom. The zero-order valence-corrected chi connectivity index (χ0v) is 17.0. The van der Waals surface area contributed by atoms with Gasteiger partial charge in [0.15, 0.2) is 0 Å². The van der Waals surface area contributed by atoms with Crippen LogP contribution in [0.15, 0.2) is 23.1 Å². The van der Waals surface area contributed by atoms with Crippen LogP contribution in [0.5, 0.6) is 0 Å². The third kappa shape index (κ3) is 4.96. The van der Waals surface area contributed by atoms with E-state index >= 15 is 0 Å². The van der Waals surface area contributed by atoms with Crippen molar-refractivity contribution in [2.45, 2.75) is 24.2 Å². The Kier molecular flexibility index (Phi) is 7.02. The molecule has 0 bridgehead atoms. The van der Waals surface area contributed by atoms with Crippen LogP contribution in [0.1, 0.15) is 29.6 Å². The molecule has 146 valence electrons. The zero-order valence-electron chi connectivity index (χ0n) is 16.2. The Labute approximate surface area is 157 Å². The molecule has 0 unspecified atom stereocenters. The molecule has 1 aromatic rings. The van der Waals surface area contributed by atoms with Crippen molar-refractivity contribution < 1.29 is 13.2 Å². The van der Waals surface area contributed by atoms with Gasteiger partial charge in [-0.15, -0.1) is 0 Å². The minimum atomic E-state index is -3.58. The lowest BCUT2D eigenvalue weighted by Crippen LogP contribution is -2.30. The topological polar surface area (TPSA) is 73.0 Å². The van der Waals surface area contributed by atoms with Gasteiger partial charge < -0.3 is 15.1 Å². The van der Waals surface area contributed by atoms with Gasteiger partial charge in [-0.1, -0.05) is 0 Å². The summed E-state index contributed by atoms with van der Waals surface area (Å²) < 4.78 is 26.1. The fraction of sp³-hybridized carbons (Fsp3) is 0.611. The molecule has 0 spiro atoms. The lowest BCUT2D eigenvalue weighted by molar-refractivity contribution is 0.0952. The number of rotatable bonds is 8. The SMILES string of the molecule is CN(C)CCCNC(=O)c1cc(S(=O)(=O)N(C)C)ccc1N1CCCC1. The molecule has 1 aliphatic rings. The van der Waals surface area contributed by atoms with Crippen LogP contribution in [-0.2, 0) is 10.0 Å². The first kappa shape index (κ1) is 20.7. The summed E-state index contributed by atoms with van der Waals surface area (Å²) in [7, 11) is 3.38. The Hall–Kier alpha value is -1.64. The number of nitrogens with one attached hydrogen (secondary N) is 1. The van der Waals surface area contributed by atoms with Crippen molar-refractivity contribution in [2.24, 2.45) is 0 Å². The van der Waals surface area contributed by atoms with Gasteiger partial charge in [0.25, 0.3) is 5.91 Å².